The van der Waals surface area contributed by atoms with E-state index in [1.807, 2.05) is 25.1 Å². The quantitative estimate of drug-likeness (QED) is 0.865. The van der Waals surface area contributed by atoms with Crippen molar-refractivity contribution in [3.63, 3.8) is 0 Å². The van der Waals surface area contributed by atoms with E-state index in [1.54, 1.807) is 4.90 Å². The summed E-state index contributed by atoms with van der Waals surface area (Å²) in [5, 5.41) is 2.81. The van der Waals surface area contributed by atoms with E-state index in [4.69, 9.17) is 0 Å². The van der Waals surface area contributed by atoms with Gasteiger partial charge in [0.15, 0.2) is 9.84 Å². The summed E-state index contributed by atoms with van der Waals surface area (Å²) >= 11 is 0. The number of sulfone groups is 1. The predicted molar refractivity (Wildman–Crippen MR) is 104 cm³/mol. The third-order valence-corrected chi connectivity index (χ3v) is 6.74. The molecular formula is C19H27N3O3S. The summed E-state index contributed by atoms with van der Waals surface area (Å²) in [5.74, 6) is 0.193. The minimum absolute atomic E-state index is 0.0623. The molecule has 2 aliphatic rings. The molecule has 26 heavy (non-hydrogen) atoms. The number of rotatable bonds is 4. The number of urea groups is 1. The number of piperazine rings is 1. The molecule has 0 unspecified atom stereocenters. The highest BCUT2D eigenvalue weighted by molar-refractivity contribution is 7.91. The third kappa shape index (κ3) is 4.27. The molecule has 0 bridgehead atoms. The van der Waals surface area contributed by atoms with Crippen molar-refractivity contribution in [1.29, 1.82) is 0 Å². The SMILES string of the molecule is CCNC(=O)N1CCN(CC(C)=Cc2ccccc2)[C@@H]2CS(=O)(=O)C[C@@H]21. The second-order valence-electron chi connectivity index (χ2n) is 7.11. The summed E-state index contributed by atoms with van der Waals surface area (Å²) in [6.07, 6.45) is 2.13. The number of amides is 2. The molecule has 2 heterocycles. The summed E-state index contributed by atoms with van der Waals surface area (Å²) < 4.78 is 24.5. The number of fused-ring (bicyclic) bond motifs is 1. The zero-order valence-electron chi connectivity index (χ0n) is 15.4. The van der Waals surface area contributed by atoms with Crippen molar-refractivity contribution in [1.82, 2.24) is 15.1 Å². The predicted octanol–water partition coefficient (Wildman–Crippen LogP) is 1.60. The first-order valence-electron chi connectivity index (χ1n) is 9.11. The molecular weight excluding hydrogens is 350 g/mol. The van der Waals surface area contributed by atoms with Crippen molar-refractivity contribution in [2.24, 2.45) is 0 Å². The summed E-state index contributed by atoms with van der Waals surface area (Å²) in [7, 11) is -3.12. The van der Waals surface area contributed by atoms with E-state index < -0.39 is 9.84 Å². The normalized spacial score (nSPS) is 25.8. The van der Waals surface area contributed by atoms with Gasteiger partial charge in [-0.05, 0) is 19.4 Å². The van der Waals surface area contributed by atoms with Gasteiger partial charge in [0, 0.05) is 32.2 Å². The molecule has 1 aromatic carbocycles. The molecule has 2 aliphatic heterocycles. The molecule has 7 heteroatoms. The Balaban J connectivity index is 1.75. The van der Waals surface area contributed by atoms with Gasteiger partial charge in [0.05, 0.1) is 17.5 Å². The molecule has 0 spiro atoms. The van der Waals surface area contributed by atoms with Gasteiger partial charge >= 0.3 is 6.03 Å². The smallest absolute Gasteiger partial charge is 0.317 e. The number of nitrogens with one attached hydrogen (secondary N) is 1. The molecule has 2 amide bonds. The van der Waals surface area contributed by atoms with Crippen LogP contribution in [0.2, 0.25) is 0 Å². The highest BCUT2D eigenvalue weighted by Gasteiger charge is 2.47. The number of benzene rings is 1. The van der Waals surface area contributed by atoms with Crippen molar-refractivity contribution < 1.29 is 13.2 Å². The monoisotopic (exact) mass is 377 g/mol. The van der Waals surface area contributed by atoms with Crippen LogP contribution in [-0.2, 0) is 9.84 Å². The first-order chi connectivity index (χ1) is 12.4. The van der Waals surface area contributed by atoms with E-state index >= 15 is 0 Å². The molecule has 2 fully saturated rings. The average Bonchev–Trinajstić information content (AvgIpc) is 2.91. The maximum absolute atomic E-state index is 12.3. The van der Waals surface area contributed by atoms with Gasteiger partial charge in [0.2, 0.25) is 0 Å². The molecule has 6 nitrogen and oxygen atoms in total. The fourth-order valence-electron chi connectivity index (χ4n) is 3.93. The fraction of sp³-hybridized carbons (Fsp3) is 0.526. The Kier molecular flexibility index (Phi) is 5.67. The van der Waals surface area contributed by atoms with E-state index in [0.717, 1.165) is 12.1 Å². The summed E-state index contributed by atoms with van der Waals surface area (Å²) in [5.41, 5.74) is 2.33. The minimum atomic E-state index is -3.12. The van der Waals surface area contributed by atoms with Crippen molar-refractivity contribution in [3.8, 4) is 0 Å². The molecule has 2 saturated heterocycles. The van der Waals surface area contributed by atoms with Crippen LogP contribution in [0, 0.1) is 0 Å². The number of carbonyl (C=O) groups excluding carboxylic acids is 1. The number of hydrogen-bond donors (Lipinski definition) is 1. The zero-order valence-corrected chi connectivity index (χ0v) is 16.2. The number of carbonyl (C=O) groups is 1. The van der Waals surface area contributed by atoms with Crippen LogP contribution < -0.4 is 5.32 Å². The number of nitrogens with zero attached hydrogens (tertiary/aromatic N) is 2. The number of hydrogen-bond acceptors (Lipinski definition) is 4. The van der Waals surface area contributed by atoms with Crippen LogP contribution in [0.5, 0.6) is 0 Å². The average molecular weight is 378 g/mol. The highest BCUT2D eigenvalue weighted by atomic mass is 32.2. The summed E-state index contributed by atoms with van der Waals surface area (Å²) in [6.45, 7) is 6.45. The van der Waals surface area contributed by atoms with E-state index in [-0.39, 0.29) is 29.6 Å². The second-order valence-corrected chi connectivity index (χ2v) is 9.27. The maximum Gasteiger partial charge on any atom is 0.317 e. The Hall–Kier alpha value is -1.86. The fourth-order valence-corrected chi connectivity index (χ4v) is 5.94. The first-order valence-corrected chi connectivity index (χ1v) is 10.9. The van der Waals surface area contributed by atoms with Gasteiger partial charge < -0.3 is 10.2 Å². The molecule has 1 aromatic rings. The van der Waals surface area contributed by atoms with Crippen LogP contribution in [0.4, 0.5) is 4.79 Å². The molecule has 0 aliphatic carbocycles. The van der Waals surface area contributed by atoms with Gasteiger partial charge in [-0.15, -0.1) is 0 Å². The zero-order chi connectivity index (χ0) is 18.7. The van der Waals surface area contributed by atoms with Crippen molar-refractivity contribution >= 4 is 21.9 Å². The lowest BCUT2D eigenvalue weighted by atomic mass is 10.0. The van der Waals surface area contributed by atoms with Crippen LogP contribution in [0.3, 0.4) is 0 Å². The standard InChI is InChI=1S/C19H27N3O3S/c1-3-20-19(23)22-10-9-21(17-13-26(24,25)14-18(17)22)12-15(2)11-16-7-5-4-6-8-16/h4-8,11,17-18H,3,9-10,12-14H2,1-2H3,(H,20,23)/t17-,18+/m1/s1. The van der Waals surface area contributed by atoms with Gasteiger partial charge in [-0.25, -0.2) is 13.2 Å². The lowest BCUT2D eigenvalue weighted by molar-refractivity contribution is 0.0724. The summed E-state index contributed by atoms with van der Waals surface area (Å²) in [6, 6.07) is 9.56. The lowest BCUT2D eigenvalue weighted by Crippen LogP contribution is -2.62. The third-order valence-electron chi connectivity index (χ3n) is 5.04. The summed E-state index contributed by atoms with van der Waals surface area (Å²) in [4.78, 5) is 16.2. The van der Waals surface area contributed by atoms with Crippen LogP contribution in [0.1, 0.15) is 19.4 Å². The van der Waals surface area contributed by atoms with Crippen molar-refractivity contribution in [2.75, 3.05) is 37.7 Å². The Bertz CT molecular complexity index is 776. The van der Waals surface area contributed by atoms with E-state index in [0.29, 0.717) is 19.6 Å². The van der Waals surface area contributed by atoms with Gasteiger partial charge in [0.1, 0.15) is 0 Å². The Morgan fingerprint density at radius 1 is 1.19 bits per heavy atom. The van der Waals surface area contributed by atoms with E-state index in [2.05, 4.69) is 35.3 Å². The molecule has 142 valence electrons. The van der Waals surface area contributed by atoms with E-state index in [9.17, 15) is 13.2 Å². The molecule has 0 aromatic heterocycles. The van der Waals surface area contributed by atoms with Crippen molar-refractivity contribution in [3.05, 3.63) is 41.5 Å². The topological polar surface area (TPSA) is 69.7 Å². The van der Waals surface area contributed by atoms with Gasteiger partial charge in [-0.1, -0.05) is 42.0 Å². The van der Waals surface area contributed by atoms with Crippen LogP contribution in [0.15, 0.2) is 35.9 Å². The Morgan fingerprint density at radius 3 is 2.58 bits per heavy atom. The first kappa shape index (κ1) is 18.9. The minimum Gasteiger partial charge on any atom is -0.338 e. The maximum atomic E-state index is 12.3. The van der Waals surface area contributed by atoms with Crippen LogP contribution in [-0.4, -0.2) is 74.0 Å². The molecule has 0 saturated carbocycles. The molecule has 1 N–H and O–H groups in total. The molecule has 0 radical (unpaired) electrons. The lowest BCUT2D eigenvalue weighted by Gasteiger charge is -2.43. The Morgan fingerprint density at radius 2 is 1.88 bits per heavy atom. The van der Waals surface area contributed by atoms with Gasteiger partial charge in [-0.3, -0.25) is 4.90 Å². The van der Waals surface area contributed by atoms with Gasteiger partial charge in [0.25, 0.3) is 0 Å². The molecule has 2 atom stereocenters. The van der Waals surface area contributed by atoms with E-state index in [1.165, 1.54) is 5.57 Å². The molecule has 3 rings (SSSR count). The largest absolute Gasteiger partial charge is 0.338 e. The van der Waals surface area contributed by atoms with Crippen LogP contribution in [0.25, 0.3) is 6.08 Å². The van der Waals surface area contributed by atoms with Gasteiger partial charge in [-0.2, -0.15) is 0 Å². The Labute approximate surface area is 155 Å². The second kappa shape index (κ2) is 7.80. The van der Waals surface area contributed by atoms with Crippen molar-refractivity contribution in [2.45, 2.75) is 25.9 Å². The van der Waals surface area contributed by atoms with Crippen LogP contribution >= 0.6 is 0 Å². The highest BCUT2D eigenvalue weighted by Crippen LogP contribution is 2.27.